The summed E-state index contributed by atoms with van der Waals surface area (Å²) in [7, 11) is -1.30. The first kappa shape index (κ1) is 24.8. The van der Waals surface area contributed by atoms with Gasteiger partial charge >= 0.3 is 0 Å². The number of sulfonamides is 1. The third-order valence-corrected chi connectivity index (χ3v) is 7.66. The molecule has 1 fully saturated rings. The molecule has 0 aromatic heterocycles. The molecule has 5 nitrogen and oxygen atoms in total. The Morgan fingerprint density at radius 1 is 0.938 bits per heavy atom. The van der Waals surface area contributed by atoms with Crippen molar-refractivity contribution in [3.05, 3.63) is 71.0 Å². The lowest BCUT2D eigenvalue weighted by Crippen LogP contribution is -2.41. The molecule has 0 heterocycles. The first-order valence-electron chi connectivity index (χ1n) is 11.4. The molecule has 1 saturated carbocycles. The molecule has 0 radical (unpaired) electrons. The van der Waals surface area contributed by atoms with E-state index in [0.29, 0.717) is 5.92 Å². The van der Waals surface area contributed by atoms with E-state index in [1.807, 2.05) is 0 Å². The molecule has 0 atom stereocenters. The Morgan fingerprint density at radius 2 is 1.50 bits per heavy atom. The molecule has 3 rings (SSSR count). The van der Waals surface area contributed by atoms with E-state index < -0.39 is 10.0 Å². The van der Waals surface area contributed by atoms with Gasteiger partial charge in [-0.3, -0.25) is 0 Å². The van der Waals surface area contributed by atoms with Gasteiger partial charge in [-0.05, 0) is 73.9 Å². The Morgan fingerprint density at radius 3 is 2.06 bits per heavy atom. The fourth-order valence-corrected chi connectivity index (χ4v) is 5.75. The number of nitrogens with zero attached hydrogens (tertiary/aromatic N) is 2. The van der Waals surface area contributed by atoms with Crippen LogP contribution in [-0.2, 0) is 23.1 Å². The molecule has 7 heteroatoms. The standard InChI is InChI=1S/C25H35FN2O3S/c1-27(16-3-17-29)18-20-4-8-22(9-5-20)23-10-14-25(15-11-23)28(32(2,30)31)19-21-6-12-24(26)13-7-21/h4-9,12-13,23,25,29H,3,10-11,14-19H2,1-2H3. The lowest BCUT2D eigenvalue weighted by molar-refractivity contribution is 0.235. The zero-order valence-electron chi connectivity index (χ0n) is 19.1. The van der Waals surface area contributed by atoms with Gasteiger partial charge in [0, 0.05) is 32.3 Å². The summed E-state index contributed by atoms with van der Waals surface area (Å²) in [5.41, 5.74) is 3.37. The number of aliphatic hydroxyl groups is 1. The van der Waals surface area contributed by atoms with E-state index in [2.05, 4.69) is 36.2 Å². The summed E-state index contributed by atoms with van der Waals surface area (Å²) in [6.07, 6.45) is 5.60. The van der Waals surface area contributed by atoms with Crippen molar-refractivity contribution in [3.8, 4) is 0 Å². The Balaban J connectivity index is 1.58. The van der Waals surface area contributed by atoms with Crippen LogP contribution >= 0.6 is 0 Å². The van der Waals surface area contributed by atoms with Crippen LogP contribution in [-0.4, -0.2) is 55.2 Å². The van der Waals surface area contributed by atoms with Crippen LogP contribution in [0.4, 0.5) is 4.39 Å². The van der Waals surface area contributed by atoms with Crippen molar-refractivity contribution in [3.63, 3.8) is 0 Å². The lowest BCUT2D eigenvalue weighted by Gasteiger charge is -2.35. The molecule has 2 aromatic rings. The predicted molar refractivity (Wildman–Crippen MR) is 126 cm³/mol. The van der Waals surface area contributed by atoms with E-state index in [0.717, 1.165) is 50.8 Å². The number of aliphatic hydroxyl groups excluding tert-OH is 1. The summed E-state index contributed by atoms with van der Waals surface area (Å²) in [5.74, 6) is 0.127. The van der Waals surface area contributed by atoms with Gasteiger partial charge in [0.05, 0.1) is 6.26 Å². The second-order valence-electron chi connectivity index (χ2n) is 9.00. The smallest absolute Gasteiger partial charge is 0.211 e. The molecule has 0 amide bonds. The number of hydrogen-bond donors (Lipinski definition) is 1. The monoisotopic (exact) mass is 462 g/mol. The third kappa shape index (κ3) is 7.10. The first-order chi connectivity index (χ1) is 15.3. The van der Waals surface area contributed by atoms with Crippen LogP contribution in [0.25, 0.3) is 0 Å². The van der Waals surface area contributed by atoms with E-state index >= 15 is 0 Å². The topological polar surface area (TPSA) is 60.9 Å². The number of rotatable bonds is 10. The van der Waals surface area contributed by atoms with Crippen LogP contribution < -0.4 is 0 Å². The van der Waals surface area contributed by atoms with E-state index in [1.54, 1.807) is 16.4 Å². The Hall–Kier alpha value is -1.80. The van der Waals surface area contributed by atoms with Crippen molar-refractivity contribution in [2.75, 3.05) is 26.5 Å². The molecule has 1 aliphatic carbocycles. The van der Waals surface area contributed by atoms with Crippen LogP contribution in [0.5, 0.6) is 0 Å². The van der Waals surface area contributed by atoms with Gasteiger partial charge in [-0.2, -0.15) is 4.31 Å². The predicted octanol–water partition coefficient (Wildman–Crippen LogP) is 4.13. The lowest BCUT2D eigenvalue weighted by atomic mass is 9.81. The molecule has 0 bridgehead atoms. The highest BCUT2D eigenvalue weighted by Gasteiger charge is 2.31. The highest BCUT2D eigenvalue weighted by molar-refractivity contribution is 7.88. The van der Waals surface area contributed by atoms with Crippen molar-refractivity contribution in [1.29, 1.82) is 0 Å². The highest BCUT2D eigenvalue weighted by Crippen LogP contribution is 2.36. The Labute approximate surface area is 191 Å². The van der Waals surface area contributed by atoms with Crippen LogP contribution in [0, 0.1) is 5.82 Å². The molecule has 1 aliphatic rings. The molecule has 0 spiro atoms. The van der Waals surface area contributed by atoms with Crippen LogP contribution in [0.15, 0.2) is 48.5 Å². The van der Waals surface area contributed by atoms with Gasteiger partial charge in [0.2, 0.25) is 10.0 Å². The maximum atomic E-state index is 13.2. The van der Waals surface area contributed by atoms with Gasteiger partial charge in [0.15, 0.2) is 0 Å². The summed E-state index contributed by atoms with van der Waals surface area (Å²) in [6.45, 7) is 2.23. The molecule has 176 valence electrons. The Bertz CT molecular complexity index is 940. The van der Waals surface area contributed by atoms with Crippen molar-refractivity contribution in [2.24, 2.45) is 0 Å². The molecule has 0 unspecified atom stereocenters. The van der Waals surface area contributed by atoms with E-state index in [4.69, 9.17) is 5.11 Å². The SMILES string of the molecule is CN(CCCO)Cc1ccc(C2CCC(N(Cc3ccc(F)cc3)S(C)(=O)=O)CC2)cc1. The minimum absolute atomic E-state index is 0.0225. The normalized spacial score (nSPS) is 19.6. The zero-order valence-corrected chi connectivity index (χ0v) is 19.9. The van der Waals surface area contributed by atoms with Gasteiger partial charge in [0.25, 0.3) is 0 Å². The Kier molecular flexibility index (Phi) is 8.82. The number of benzene rings is 2. The van der Waals surface area contributed by atoms with Crippen molar-refractivity contribution < 1.29 is 17.9 Å². The van der Waals surface area contributed by atoms with E-state index in [-0.39, 0.29) is 25.0 Å². The molecular weight excluding hydrogens is 427 g/mol. The van der Waals surface area contributed by atoms with Crippen molar-refractivity contribution >= 4 is 10.0 Å². The number of hydrogen-bond acceptors (Lipinski definition) is 4. The number of halogens is 1. The van der Waals surface area contributed by atoms with Crippen LogP contribution in [0.2, 0.25) is 0 Å². The molecule has 32 heavy (non-hydrogen) atoms. The summed E-state index contributed by atoms with van der Waals surface area (Å²) in [6, 6.07) is 14.8. The summed E-state index contributed by atoms with van der Waals surface area (Å²) < 4.78 is 39.8. The molecule has 1 N–H and O–H groups in total. The summed E-state index contributed by atoms with van der Waals surface area (Å²) in [4.78, 5) is 2.21. The fourth-order valence-electron chi connectivity index (χ4n) is 4.61. The van der Waals surface area contributed by atoms with E-state index in [1.165, 1.54) is 29.5 Å². The largest absolute Gasteiger partial charge is 0.396 e. The van der Waals surface area contributed by atoms with Gasteiger partial charge in [-0.15, -0.1) is 0 Å². The minimum atomic E-state index is -3.36. The van der Waals surface area contributed by atoms with Gasteiger partial charge in [-0.1, -0.05) is 36.4 Å². The maximum absolute atomic E-state index is 13.2. The first-order valence-corrected chi connectivity index (χ1v) is 13.2. The van der Waals surface area contributed by atoms with Crippen molar-refractivity contribution in [2.45, 2.75) is 57.2 Å². The third-order valence-electron chi connectivity index (χ3n) is 6.38. The van der Waals surface area contributed by atoms with Gasteiger partial charge in [-0.25, -0.2) is 12.8 Å². The summed E-state index contributed by atoms with van der Waals surface area (Å²) in [5, 5.41) is 8.97. The average molecular weight is 463 g/mol. The molecular formula is C25H35FN2O3S. The molecule has 0 aliphatic heterocycles. The van der Waals surface area contributed by atoms with Crippen LogP contribution in [0.1, 0.15) is 54.7 Å². The average Bonchev–Trinajstić information content (AvgIpc) is 2.77. The molecule has 2 aromatic carbocycles. The summed E-state index contributed by atoms with van der Waals surface area (Å²) >= 11 is 0. The zero-order chi connectivity index (χ0) is 23.1. The fraction of sp³-hybridized carbons (Fsp3) is 0.520. The highest BCUT2D eigenvalue weighted by atomic mass is 32.2. The van der Waals surface area contributed by atoms with E-state index in [9.17, 15) is 12.8 Å². The molecule has 0 saturated heterocycles. The maximum Gasteiger partial charge on any atom is 0.211 e. The van der Waals surface area contributed by atoms with Gasteiger partial charge < -0.3 is 10.0 Å². The minimum Gasteiger partial charge on any atom is -0.396 e. The second-order valence-corrected chi connectivity index (χ2v) is 10.9. The second kappa shape index (κ2) is 11.4. The van der Waals surface area contributed by atoms with Crippen molar-refractivity contribution in [1.82, 2.24) is 9.21 Å². The van der Waals surface area contributed by atoms with Crippen LogP contribution in [0.3, 0.4) is 0 Å². The quantitative estimate of drug-likeness (QED) is 0.577. The van der Waals surface area contributed by atoms with Gasteiger partial charge in [0.1, 0.15) is 5.82 Å².